The van der Waals surface area contributed by atoms with E-state index in [4.69, 9.17) is 5.73 Å². The molecule has 0 unspecified atom stereocenters. The molecule has 0 amide bonds. The van der Waals surface area contributed by atoms with E-state index in [1.54, 1.807) is 6.20 Å². The molecule has 2 rings (SSSR count). The molecule has 2 N–H and O–H groups in total. The van der Waals surface area contributed by atoms with E-state index in [1.165, 1.54) is 4.31 Å². The van der Waals surface area contributed by atoms with Gasteiger partial charge in [-0.2, -0.15) is 4.31 Å². The molecule has 1 atom stereocenters. The number of nitrogens with two attached hydrogens (primary N) is 1. The van der Waals surface area contributed by atoms with Crippen LogP contribution in [0, 0.1) is 6.92 Å². The number of nitrogens with zero attached hydrogens (tertiary/aromatic N) is 3. The molecule has 0 radical (unpaired) electrons. The summed E-state index contributed by atoms with van der Waals surface area (Å²) in [6, 6.07) is -0.0668. The predicted molar refractivity (Wildman–Crippen MR) is 68.6 cm³/mol. The monoisotopic (exact) mass is 272 g/mol. The van der Waals surface area contributed by atoms with Crippen LogP contribution >= 0.6 is 0 Å². The van der Waals surface area contributed by atoms with E-state index in [9.17, 15) is 8.42 Å². The van der Waals surface area contributed by atoms with E-state index in [0.29, 0.717) is 19.6 Å². The van der Waals surface area contributed by atoms with Gasteiger partial charge < -0.3 is 10.3 Å². The van der Waals surface area contributed by atoms with Crippen LogP contribution in [0.25, 0.3) is 0 Å². The molecule has 18 heavy (non-hydrogen) atoms. The second-order valence-electron chi connectivity index (χ2n) is 4.68. The molecular formula is C11H20N4O2S. The summed E-state index contributed by atoms with van der Waals surface area (Å²) >= 11 is 0. The number of piperidine rings is 1. The summed E-state index contributed by atoms with van der Waals surface area (Å²) in [7, 11) is -3.49. The van der Waals surface area contributed by atoms with Crippen molar-refractivity contribution < 1.29 is 8.42 Å². The number of imidazole rings is 1. The molecule has 1 aromatic rings. The minimum absolute atomic E-state index is 0.0668. The van der Waals surface area contributed by atoms with Crippen LogP contribution < -0.4 is 5.73 Å². The minimum Gasteiger partial charge on any atom is -0.334 e. The van der Waals surface area contributed by atoms with Crippen molar-refractivity contribution in [3.8, 4) is 0 Å². The zero-order valence-electron chi connectivity index (χ0n) is 10.8. The number of hydrogen-bond acceptors (Lipinski definition) is 4. The topological polar surface area (TPSA) is 81.2 Å². The van der Waals surface area contributed by atoms with Gasteiger partial charge in [-0.05, 0) is 26.7 Å². The molecule has 0 aromatic carbocycles. The molecule has 1 aromatic heterocycles. The third-order valence-corrected chi connectivity index (χ3v) is 5.06. The third kappa shape index (κ3) is 2.43. The SMILES string of the molecule is CCn1cc(S(=O)(=O)N2CCC[C@@H](N)C2)nc1C. The van der Waals surface area contributed by atoms with Crippen LogP contribution in [0.4, 0.5) is 0 Å². The molecule has 0 saturated carbocycles. The van der Waals surface area contributed by atoms with Crippen molar-refractivity contribution in [2.75, 3.05) is 13.1 Å². The van der Waals surface area contributed by atoms with Gasteiger partial charge in [-0.3, -0.25) is 0 Å². The first kappa shape index (κ1) is 13.5. The summed E-state index contributed by atoms with van der Waals surface area (Å²) in [4.78, 5) is 4.15. The Morgan fingerprint density at radius 1 is 1.56 bits per heavy atom. The minimum atomic E-state index is -3.49. The van der Waals surface area contributed by atoms with Gasteiger partial charge in [0.25, 0.3) is 10.0 Å². The highest BCUT2D eigenvalue weighted by molar-refractivity contribution is 7.89. The van der Waals surface area contributed by atoms with Crippen molar-refractivity contribution in [1.82, 2.24) is 13.9 Å². The number of aromatic nitrogens is 2. The predicted octanol–water partition coefficient (Wildman–Crippen LogP) is 0.323. The first-order chi connectivity index (χ1) is 8.45. The van der Waals surface area contributed by atoms with Gasteiger partial charge in [-0.15, -0.1) is 0 Å². The second-order valence-corrected chi connectivity index (χ2v) is 6.56. The molecule has 0 aliphatic carbocycles. The molecule has 7 heteroatoms. The van der Waals surface area contributed by atoms with Crippen LogP contribution in [0.2, 0.25) is 0 Å². The van der Waals surface area contributed by atoms with Gasteiger partial charge >= 0.3 is 0 Å². The highest BCUT2D eigenvalue weighted by atomic mass is 32.2. The van der Waals surface area contributed by atoms with Crippen molar-refractivity contribution in [2.45, 2.75) is 44.3 Å². The zero-order chi connectivity index (χ0) is 13.3. The summed E-state index contributed by atoms with van der Waals surface area (Å²) in [5.74, 6) is 0.720. The Morgan fingerprint density at radius 2 is 2.28 bits per heavy atom. The van der Waals surface area contributed by atoms with Crippen molar-refractivity contribution >= 4 is 10.0 Å². The quantitative estimate of drug-likeness (QED) is 0.859. The van der Waals surface area contributed by atoms with Crippen LogP contribution in [-0.4, -0.2) is 41.4 Å². The Balaban J connectivity index is 2.29. The van der Waals surface area contributed by atoms with Gasteiger partial charge in [0.15, 0.2) is 5.03 Å². The summed E-state index contributed by atoms with van der Waals surface area (Å²) < 4.78 is 28.1. The average Bonchev–Trinajstić information content (AvgIpc) is 2.71. The number of aryl methyl sites for hydroxylation is 2. The van der Waals surface area contributed by atoms with E-state index < -0.39 is 10.0 Å². The van der Waals surface area contributed by atoms with Crippen LogP contribution in [0.1, 0.15) is 25.6 Å². The Kier molecular flexibility index (Phi) is 3.74. The summed E-state index contributed by atoms with van der Waals surface area (Å²) in [5.41, 5.74) is 5.83. The van der Waals surface area contributed by atoms with Gasteiger partial charge in [0, 0.05) is 31.9 Å². The maximum absolute atomic E-state index is 12.4. The van der Waals surface area contributed by atoms with Crippen molar-refractivity contribution in [3.05, 3.63) is 12.0 Å². The van der Waals surface area contributed by atoms with Crippen LogP contribution in [0.15, 0.2) is 11.2 Å². The molecule has 1 saturated heterocycles. The van der Waals surface area contributed by atoms with Gasteiger partial charge in [-0.25, -0.2) is 13.4 Å². The molecule has 6 nitrogen and oxygen atoms in total. The fourth-order valence-electron chi connectivity index (χ4n) is 2.25. The highest BCUT2D eigenvalue weighted by Crippen LogP contribution is 2.19. The van der Waals surface area contributed by atoms with Gasteiger partial charge in [0.2, 0.25) is 0 Å². The molecule has 0 spiro atoms. The first-order valence-electron chi connectivity index (χ1n) is 6.24. The Morgan fingerprint density at radius 3 is 2.83 bits per heavy atom. The number of sulfonamides is 1. The van der Waals surface area contributed by atoms with E-state index in [0.717, 1.165) is 18.7 Å². The van der Waals surface area contributed by atoms with Gasteiger partial charge in [0.05, 0.1) is 0 Å². The molecule has 1 aliphatic rings. The lowest BCUT2D eigenvalue weighted by Gasteiger charge is -2.29. The van der Waals surface area contributed by atoms with E-state index in [2.05, 4.69) is 4.98 Å². The normalized spacial score (nSPS) is 22.3. The Bertz CT molecular complexity index is 523. The fraction of sp³-hybridized carbons (Fsp3) is 0.727. The lowest BCUT2D eigenvalue weighted by molar-refractivity contribution is 0.315. The van der Waals surface area contributed by atoms with Crippen LogP contribution in [-0.2, 0) is 16.6 Å². The molecule has 1 aliphatic heterocycles. The molecule has 2 heterocycles. The number of hydrogen-bond donors (Lipinski definition) is 1. The lowest BCUT2D eigenvalue weighted by Crippen LogP contribution is -2.45. The van der Waals surface area contributed by atoms with Crippen molar-refractivity contribution in [1.29, 1.82) is 0 Å². The molecular weight excluding hydrogens is 252 g/mol. The van der Waals surface area contributed by atoms with Crippen molar-refractivity contribution in [3.63, 3.8) is 0 Å². The second kappa shape index (κ2) is 4.99. The molecule has 0 bridgehead atoms. The summed E-state index contributed by atoms with van der Waals surface area (Å²) in [5, 5.41) is 0.135. The van der Waals surface area contributed by atoms with Crippen LogP contribution in [0.5, 0.6) is 0 Å². The van der Waals surface area contributed by atoms with Gasteiger partial charge in [0.1, 0.15) is 5.82 Å². The third-order valence-electron chi connectivity index (χ3n) is 3.32. The van der Waals surface area contributed by atoms with E-state index in [-0.39, 0.29) is 11.1 Å². The maximum atomic E-state index is 12.4. The maximum Gasteiger partial charge on any atom is 0.262 e. The molecule has 102 valence electrons. The summed E-state index contributed by atoms with van der Waals surface area (Å²) in [6.45, 7) is 5.41. The van der Waals surface area contributed by atoms with Crippen LogP contribution in [0.3, 0.4) is 0 Å². The smallest absolute Gasteiger partial charge is 0.262 e. The van der Waals surface area contributed by atoms with E-state index in [1.807, 2.05) is 18.4 Å². The zero-order valence-corrected chi connectivity index (χ0v) is 11.7. The standard InChI is InChI=1S/C11H20N4O2S/c1-3-14-8-11(13-9(14)2)18(16,17)15-6-4-5-10(12)7-15/h8,10H,3-7,12H2,1-2H3/t10-/m1/s1. The molecule has 1 fully saturated rings. The number of rotatable bonds is 3. The lowest BCUT2D eigenvalue weighted by atomic mass is 10.1. The fourth-order valence-corrected chi connectivity index (χ4v) is 3.78. The Labute approximate surface area is 108 Å². The highest BCUT2D eigenvalue weighted by Gasteiger charge is 2.30. The van der Waals surface area contributed by atoms with Crippen molar-refractivity contribution in [2.24, 2.45) is 5.73 Å². The first-order valence-corrected chi connectivity index (χ1v) is 7.68. The van der Waals surface area contributed by atoms with E-state index >= 15 is 0 Å². The largest absolute Gasteiger partial charge is 0.334 e. The Hall–Kier alpha value is -0.920. The van der Waals surface area contributed by atoms with Gasteiger partial charge in [-0.1, -0.05) is 0 Å². The average molecular weight is 272 g/mol. The summed E-state index contributed by atoms with van der Waals surface area (Å²) in [6.07, 6.45) is 3.30.